The van der Waals surface area contributed by atoms with Crippen molar-refractivity contribution in [2.75, 3.05) is 14.1 Å². The Kier molecular flexibility index (Phi) is 3.97. The van der Waals surface area contributed by atoms with Crippen molar-refractivity contribution in [3.8, 4) is 11.5 Å². The van der Waals surface area contributed by atoms with E-state index < -0.39 is 7.12 Å². The average Bonchev–Trinajstić information content (AvgIpc) is 2.82. The fraction of sp³-hybridized carbons (Fsp3) is 0.250. The Hall–Kier alpha value is -1.82. The molecule has 1 N–H and O–H groups in total. The molecule has 2 aromatic carbocycles. The number of hydrogen-bond donors (Lipinski definition) is 1. The maximum atomic E-state index is 9.71. The molecule has 1 heterocycles. The average molecular weight is 283 g/mol. The summed E-state index contributed by atoms with van der Waals surface area (Å²) in [5.41, 5.74) is 3.04. The van der Waals surface area contributed by atoms with Crippen LogP contribution in [0, 0.1) is 0 Å². The van der Waals surface area contributed by atoms with E-state index in [1.165, 1.54) is 5.56 Å². The van der Waals surface area contributed by atoms with E-state index in [4.69, 9.17) is 9.39 Å². The second kappa shape index (κ2) is 5.89. The molecule has 0 bridgehead atoms. The first-order valence-electron chi connectivity index (χ1n) is 6.96. The van der Waals surface area contributed by atoms with E-state index in [0.29, 0.717) is 12.4 Å². The maximum absolute atomic E-state index is 9.71. The summed E-state index contributed by atoms with van der Waals surface area (Å²) < 4.78 is 11.0. The Labute approximate surface area is 125 Å². The Balaban J connectivity index is 1.73. The maximum Gasteiger partial charge on any atom is 0.491 e. The lowest BCUT2D eigenvalue weighted by molar-refractivity contribution is 0.275. The van der Waals surface area contributed by atoms with Gasteiger partial charge in [0.05, 0.1) is 6.61 Å². The van der Waals surface area contributed by atoms with Gasteiger partial charge in [0.15, 0.2) is 0 Å². The van der Waals surface area contributed by atoms with Crippen LogP contribution in [0.3, 0.4) is 0 Å². The van der Waals surface area contributed by atoms with Crippen molar-refractivity contribution in [1.29, 1.82) is 0 Å². The molecule has 0 saturated carbocycles. The van der Waals surface area contributed by atoms with Crippen LogP contribution in [0.2, 0.25) is 0 Å². The number of ether oxygens (including phenoxy) is 1. The molecule has 3 rings (SSSR count). The molecule has 0 atom stereocenters. The third-order valence-corrected chi connectivity index (χ3v) is 3.44. The molecular weight excluding hydrogens is 265 g/mol. The van der Waals surface area contributed by atoms with E-state index in [1.807, 2.05) is 44.4 Å². The van der Waals surface area contributed by atoms with E-state index in [1.54, 1.807) is 0 Å². The molecule has 5 heteroatoms. The predicted molar refractivity (Wildman–Crippen MR) is 82.7 cm³/mol. The molecule has 0 aromatic heterocycles. The zero-order valence-electron chi connectivity index (χ0n) is 12.2. The zero-order valence-corrected chi connectivity index (χ0v) is 12.2. The highest BCUT2D eigenvalue weighted by atomic mass is 16.5. The molecule has 0 amide bonds. The van der Waals surface area contributed by atoms with Crippen molar-refractivity contribution < 1.29 is 14.4 Å². The van der Waals surface area contributed by atoms with Crippen molar-refractivity contribution in [3.05, 3.63) is 53.6 Å². The lowest BCUT2D eigenvalue weighted by atomic mass is 9.79. The van der Waals surface area contributed by atoms with Crippen molar-refractivity contribution in [2.45, 2.75) is 13.2 Å². The van der Waals surface area contributed by atoms with Gasteiger partial charge >= 0.3 is 7.12 Å². The summed E-state index contributed by atoms with van der Waals surface area (Å²) in [4.78, 5) is 2.12. The summed E-state index contributed by atoms with van der Waals surface area (Å²) in [6, 6.07) is 13.7. The minimum Gasteiger partial charge on any atom is -0.457 e. The number of fused-ring (bicyclic) bond motifs is 1. The largest absolute Gasteiger partial charge is 0.491 e. The third-order valence-electron chi connectivity index (χ3n) is 3.44. The molecule has 2 aromatic rings. The van der Waals surface area contributed by atoms with Gasteiger partial charge in [0.1, 0.15) is 11.5 Å². The molecule has 0 saturated heterocycles. The Morgan fingerprint density at radius 3 is 2.57 bits per heavy atom. The summed E-state index contributed by atoms with van der Waals surface area (Å²) in [5.74, 6) is 1.49. The summed E-state index contributed by atoms with van der Waals surface area (Å²) in [6.45, 7) is 1.36. The quantitative estimate of drug-likeness (QED) is 0.868. The molecule has 0 radical (unpaired) electrons. The molecular formula is C16H18BNO3. The minimum absolute atomic E-state index is 0.454. The van der Waals surface area contributed by atoms with Crippen molar-refractivity contribution in [1.82, 2.24) is 4.90 Å². The lowest BCUT2D eigenvalue weighted by Gasteiger charge is -2.11. The van der Waals surface area contributed by atoms with Gasteiger partial charge in [-0.2, -0.15) is 0 Å². The van der Waals surface area contributed by atoms with Crippen LogP contribution in [0.15, 0.2) is 42.5 Å². The Bertz CT molecular complexity index is 628. The standard InChI is InChI=1S/C16H18BNO3/c1-18(2)10-12-3-6-14(7-4-12)21-15-8-5-13-11-20-17(19)16(13)9-15/h3-9,19H,10-11H2,1-2H3. The van der Waals surface area contributed by atoms with Crippen LogP contribution in [0.1, 0.15) is 11.1 Å². The minimum atomic E-state index is -0.842. The number of hydrogen-bond acceptors (Lipinski definition) is 4. The number of rotatable bonds is 4. The molecule has 108 valence electrons. The van der Waals surface area contributed by atoms with Crippen molar-refractivity contribution in [2.24, 2.45) is 0 Å². The smallest absolute Gasteiger partial charge is 0.457 e. The number of nitrogens with zero attached hydrogens (tertiary/aromatic N) is 1. The number of benzene rings is 2. The fourth-order valence-electron chi connectivity index (χ4n) is 2.42. The van der Waals surface area contributed by atoms with Crippen LogP contribution < -0.4 is 10.2 Å². The first-order chi connectivity index (χ1) is 10.1. The molecule has 1 aliphatic rings. The summed E-state index contributed by atoms with van der Waals surface area (Å²) in [7, 11) is 3.25. The first-order valence-corrected chi connectivity index (χ1v) is 6.96. The van der Waals surface area contributed by atoms with Gasteiger partial charge in [-0.1, -0.05) is 18.2 Å². The van der Waals surface area contributed by atoms with Crippen LogP contribution in [0.5, 0.6) is 11.5 Å². The monoisotopic (exact) mass is 283 g/mol. The molecule has 21 heavy (non-hydrogen) atoms. The van der Waals surface area contributed by atoms with Crippen LogP contribution in [0.25, 0.3) is 0 Å². The van der Waals surface area contributed by atoms with E-state index in [9.17, 15) is 5.02 Å². The van der Waals surface area contributed by atoms with Gasteiger partial charge in [-0.05, 0) is 55.0 Å². The molecule has 0 fully saturated rings. The van der Waals surface area contributed by atoms with Crippen LogP contribution in [0.4, 0.5) is 0 Å². The fourth-order valence-corrected chi connectivity index (χ4v) is 2.42. The van der Waals surface area contributed by atoms with Gasteiger partial charge < -0.3 is 19.3 Å². The highest BCUT2D eigenvalue weighted by molar-refractivity contribution is 6.61. The van der Waals surface area contributed by atoms with Crippen LogP contribution >= 0.6 is 0 Å². The van der Waals surface area contributed by atoms with Crippen molar-refractivity contribution in [3.63, 3.8) is 0 Å². The van der Waals surface area contributed by atoms with E-state index in [2.05, 4.69) is 17.0 Å². The second-order valence-electron chi connectivity index (χ2n) is 5.51. The van der Waals surface area contributed by atoms with Gasteiger partial charge in [0, 0.05) is 6.54 Å². The van der Waals surface area contributed by atoms with Gasteiger partial charge in [-0.3, -0.25) is 0 Å². The first kappa shape index (κ1) is 14.1. The zero-order chi connectivity index (χ0) is 14.8. The van der Waals surface area contributed by atoms with Crippen molar-refractivity contribution >= 4 is 12.6 Å². The molecule has 1 aliphatic heterocycles. The SMILES string of the molecule is CN(C)Cc1ccc(Oc2ccc3c(c2)B(O)OC3)cc1. The van der Waals surface area contributed by atoms with E-state index >= 15 is 0 Å². The highest BCUT2D eigenvalue weighted by Gasteiger charge is 2.27. The van der Waals surface area contributed by atoms with Crippen LogP contribution in [-0.4, -0.2) is 31.1 Å². The van der Waals surface area contributed by atoms with Crippen LogP contribution in [-0.2, 0) is 17.8 Å². The lowest BCUT2D eigenvalue weighted by Crippen LogP contribution is -2.27. The molecule has 0 unspecified atom stereocenters. The van der Waals surface area contributed by atoms with Gasteiger partial charge in [-0.25, -0.2) is 0 Å². The van der Waals surface area contributed by atoms with E-state index in [0.717, 1.165) is 23.3 Å². The topological polar surface area (TPSA) is 41.9 Å². The Morgan fingerprint density at radius 1 is 1.14 bits per heavy atom. The highest BCUT2D eigenvalue weighted by Crippen LogP contribution is 2.23. The van der Waals surface area contributed by atoms with Gasteiger partial charge in [0.2, 0.25) is 0 Å². The molecule has 4 nitrogen and oxygen atoms in total. The summed E-state index contributed by atoms with van der Waals surface area (Å²) in [5, 5.41) is 9.71. The normalized spacial score (nSPS) is 13.6. The molecule has 0 aliphatic carbocycles. The van der Waals surface area contributed by atoms with Gasteiger partial charge in [0.25, 0.3) is 0 Å². The second-order valence-corrected chi connectivity index (χ2v) is 5.51. The molecule has 0 spiro atoms. The predicted octanol–water partition coefficient (Wildman–Crippen LogP) is 1.76. The Morgan fingerprint density at radius 2 is 1.86 bits per heavy atom. The summed E-state index contributed by atoms with van der Waals surface area (Å²) in [6.07, 6.45) is 0. The third kappa shape index (κ3) is 3.27. The van der Waals surface area contributed by atoms with E-state index in [-0.39, 0.29) is 0 Å². The van der Waals surface area contributed by atoms with Gasteiger partial charge in [-0.15, -0.1) is 0 Å². The summed E-state index contributed by atoms with van der Waals surface area (Å²) >= 11 is 0.